The van der Waals surface area contributed by atoms with Crippen molar-refractivity contribution in [3.8, 4) is 33.4 Å². The summed E-state index contributed by atoms with van der Waals surface area (Å²) in [5, 5.41) is 21.5. The Balaban J connectivity index is 0.000000535. The summed E-state index contributed by atoms with van der Waals surface area (Å²) in [6.45, 7) is 4.70. The molecule has 0 atom stereocenters. The van der Waals surface area contributed by atoms with Crippen LogP contribution >= 0.6 is 0 Å². The minimum absolute atomic E-state index is 0.00523. The van der Waals surface area contributed by atoms with Crippen LogP contribution in [0.15, 0.2) is 97.1 Å². The fourth-order valence-electron chi connectivity index (χ4n) is 4.59. The highest BCUT2D eigenvalue weighted by atomic mass is 16.5. The van der Waals surface area contributed by atoms with Gasteiger partial charge in [0.25, 0.3) is 0 Å². The van der Waals surface area contributed by atoms with Crippen LogP contribution < -0.4 is 0 Å². The molecular weight excluding hydrogens is 383 g/mol. The number of hydrogen-bond acceptors (Lipinski definition) is 3. The smallest absolute Gasteiger partial charge is 0.402 e. The van der Waals surface area contributed by atoms with Gasteiger partial charge in [-0.2, -0.15) is 0 Å². The molecule has 0 unspecified atom stereocenters. The van der Waals surface area contributed by atoms with Gasteiger partial charge in [0, 0.05) is 5.41 Å². The Morgan fingerprint density at radius 3 is 1.81 bits per heavy atom. The molecule has 0 saturated heterocycles. The maximum Gasteiger partial charge on any atom is 0.631 e. The molecule has 4 heteroatoms. The van der Waals surface area contributed by atoms with Crippen molar-refractivity contribution >= 4 is 7.32 Å². The van der Waals surface area contributed by atoms with E-state index in [2.05, 4.69) is 111 Å². The van der Waals surface area contributed by atoms with Gasteiger partial charge in [0.2, 0.25) is 0 Å². The molecule has 0 spiro atoms. The van der Waals surface area contributed by atoms with Crippen LogP contribution in [-0.4, -0.2) is 22.4 Å². The van der Waals surface area contributed by atoms with E-state index in [0.717, 1.165) is 0 Å². The molecule has 4 aromatic carbocycles. The van der Waals surface area contributed by atoms with E-state index in [-0.39, 0.29) is 5.41 Å². The monoisotopic (exact) mass is 408 g/mol. The van der Waals surface area contributed by atoms with Crippen molar-refractivity contribution in [3.05, 3.63) is 108 Å². The fourth-order valence-corrected chi connectivity index (χ4v) is 4.59. The number of fused-ring (bicyclic) bond motifs is 3. The minimum atomic E-state index is -2.17. The first-order valence-corrected chi connectivity index (χ1v) is 10.3. The predicted molar refractivity (Wildman–Crippen MR) is 127 cm³/mol. The van der Waals surface area contributed by atoms with Gasteiger partial charge in [-0.1, -0.05) is 105 Å². The van der Waals surface area contributed by atoms with Gasteiger partial charge in [0.15, 0.2) is 0 Å². The molecule has 1 aliphatic carbocycles. The lowest BCUT2D eigenvalue weighted by Gasteiger charge is -2.24. The van der Waals surface area contributed by atoms with E-state index >= 15 is 0 Å². The molecule has 0 aromatic heterocycles. The van der Waals surface area contributed by atoms with Crippen molar-refractivity contribution in [1.82, 2.24) is 0 Å². The van der Waals surface area contributed by atoms with Crippen molar-refractivity contribution in [2.45, 2.75) is 19.3 Å². The van der Waals surface area contributed by atoms with Gasteiger partial charge >= 0.3 is 7.32 Å². The van der Waals surface area contributed by atoms with Crippen molar-refractivity contribution < 1.29 is 15.1 Å². The lowest BCUT2D eigenvalue weighted by molar-refractivity contribution is 0.278. The summed E-state index contributed by atoms with van der Waals surface area (Å²) < 4.78 is 0. The molecule has 5 rings (SSSR count). The van der Waals surface area contributed by atoms with Gasteiger partial charge in [-0.15, -0.1) is 0 Å². The average Bonchev–Trinajstić information content (AvgIpc) is 3.02. The zero-order valence-corrected chi connectivity index (χ0v) is 17.7. The van der Waals surface area contributed by atoms with Crippen LogP contribution in [0, 0.1) is 0 Å². The Labute approximate surface area is 183 Å². The normalized spacial score (nSPS) is 12.9. The number of benzene rings is 4. The van der Waals surface area contributed by atoms with Gasteiger partial charge in [0.05, 0.1) is 0 Å². The summed E-state index contributed by atoms with van der Waals surface area (Å²) in [7, 11) is -2.17. The zero-order chi connectivity index (χ0) is 22.0. The fraction of sp³-hybridized carbons (Fsp3) is 0.111. The van der Waals surface area contributed by atoms with Gasteiger partial charge in [-0.25, -0.2) is 0 Å². The first-order chi connectivity index (χ1) is 14.9. The maximum atomic E-state index is 7.17. The third-order valence-electron chi connectivity index (χ3n) is 5.86. The zero-order valence-electron chi connectivity index (χ0n) is 17.7. The van der Waals surface area contributed by atoms with Gasteiger partial charge in [0.1, 0.15) is 0 Å². The van der Waals surface area contributed by atoms with Crippen LogP contribution in [-0.2, 0) is 5.41 Å². The van der Waals surface area contributed by atoms with E-state index < -0.39 is 7.32 Å². The summed E-state index contributed by atoms with van der Waals surface area (Å²) in [5.41, 5.74) is 10.8. The predicted octanol–water partition coefficient (Wildman–Crippen LogP) is 5.28. The quantitative estimate of drug-likeness (QED) is 0.396. The Morgan fingerprint density at radius 2 is 1.06 bits per heavy atom. The molecule has 0 aliphatic heterocycles. The molecule has 0 saturated carbocycles. The van der Waals surface area contributed by atoms with E-state index in [9.17, 15) is 0 Å². The summed E-state index contributed by atoms with van der Waals surface area (Å²) in [4.78, 5) is 0. The SMILES string of the molecule is CC1(C)c2ccccc2-c2cccc(-c3cccc(-c4ccccc4)c3)c21.OB(O)O. The molecule has 0 amide bonds. The largest absolute Gasteiger partial charge is 0.631 e. The molecule has 0 radical (unpaired) electrons. The highest BCUT2D eigenvalue weighted by Gasteiger charge is 2.37. The van der Waals surface area contributed by atoms with Gasteiger partial charge in [-0.05, 0) is 50.6 Å². The van der Waals surface area contributed by atoms with Crippen LogP contribution in [0.2, 0.25) is 0 Å². The van der Waals surface area contributed by atoms with Crippen molar-refractivity contribution in [3.63, 3.8) is 0 Å². The number of hydrogen-bond donors (Lipinski definition) is 3. The molecule has 3 N–H and O–H groups in total. The third kappa shape index (κ3) is 4.06. The lowest BCUT2D eigenvalue weighted by atomic mass is 9.78. The maximum absolute atomic E-state index is 7.17. The van der Waals surface area contributed by atoms with E-state index in [1.807, 2.05) is 0 Å². The molecule has 1 aliphatic rings. The van der Waals surface area contributed by atoms with Gasteiger partial charge in [-0.3, -0.25) is 0 Å². The Morgan fingerprint density at radius 1 is 0.548 bits per heavy atom. The molecule has 0 heterocycles. The topological polar surface area (TPSA) is 60.7 Å². The minimum Gasteiger partial charge on any atom is -0.402 e. The Hall–Kier alpha value is -3.18. The molecule has 3 nitrogen and oxygen atoms in total. The van der Waals surface area contributed by atoms with Crippen LogP contribution in [0.3, 0.4) is 0 Å². The molecule has 0 bridgehead atoms. The van der Waals surface area contributed by atoms with Crippen molar-refractivity contribution in [2.75, 3.05) is 0 Å². The summed E-state index contributed by atoms with van der Waals surface area (Å²) in [6.07, 6.45) is 0. The van der Waals surface area contributed by atoms with Crippen molar-refractivity contribution in [2.24, 2.45) is 0 Å². The second-order valence-electron chi connectivity index (χ2n) is 8.19. The van der Waals surface area contributed by atoms with Crippen LogP contribution in [0.4, 0.5) is 0 Å². The molecule has 0 fully saturated rings. The highest BCUT2D eigenvalue weighted by Crippen LogP contribution is 2.52. The van der Waals surface area contributed by atoms with Gasteiger partial charge < -0.3 is 15.1 Å². The molecule has 31 heavy (non-hydrogen) atoms. The molecule has 4 aromatic rings. The summed E-state index contributed by atoms with van der Waals surface area (Å²) in [6, 6.07) is 35.1. The first-order valence-electron chi connectivity index (χ1n) is 10.3. The second kappa shape index (κ2) is 8.52. The highest BCUT2D eigenvalue weighted by molar-refractivity contribution is 6.30. The number of rotatable bonds is 2. The third-order valence-corrected chi connectivity index (χ3v) is 5.86. The average molecular weight is 408 g/mol. The lowest BCUT2D eigenvalue weighted by Crippen LogP contribution is -2.16. The van der Waals surface area contributed by atoms with E-state index in [1.54, 1.807) is 0 Å². The standard InChI is InChI=1S/C27H22.BH3O3/c1-27(2)25-17-7-6-14-23(25)24-16-9-15-22(26(24)27)21-13-8-12-20(18-21)19-10-4-3-5-11-19;2-1(3)4/h3-18H,1-2H3;2-4H. The van der Waals surface area contributed by atoms with Crippen LogP contribution in [0.1, 0.15) is 25.0 Å². The Bertz CT molecular complexity index is 1200. The van der Waals surface area contributed by atoms with E-state index in [1.165, 1.54) is 44.5 Å². The van der Waals surface area contributed by atoms with Crippen LogP contribution in [0.25, 0.3) is 33.4 Å². The molecular formula is C27H25BO3. The van der Waals surface area contributed by atoms with Crippen LogP contribution in [0.5, 0.6) is 0 Å². The summed E-state index contributed by atoms with van der Waals surface area (Å²) in [5.74, 6) is 0. The van der Waals surface area contributed by atoms with E-state index in [4.69, 9.17) is 15.1 Å². The Kier molecular flexibility index (Phi) is 5.79. The van der Waals surface area contributed by atoms with E-state index in [0.29, 0.717) is 0 Å². The summed E-state index contributed by atoms with van der Waals surface area (Å²) >= 11 is 0. The first kappa shape index (κ1) is 21.1. The molecule has 154 valence electrons. The van der Waals surface area contributed by atoms with Crippen molar-refractivity contribution in [1.29, 1.82) is 0 Å². The second-order valence-corrected chi connectivity index (χ2v) is 8.19.